The summed E-state index contributed by atoms with van der Waals surface area (Å²) in [7, 11) is 1.61. The number of methoxy groups -OCH3 is 1. The van der Waals surface area contributed by atoms with E-state index in [1.807, 2.05) is 24.3 Å². The molecule has 176 valence electrons. The van der Waals surface area contributed by atoms with E-state index in [-0.39, 0.29) is 5.82 Å². The van der Waals surface area contributed by atoms with Crippen LogP contribution in [0, 0.1) is 5.82 Å². The molecule has 2 aromatic carbocycles. The molecule has 1 aliphatic heterocycles. The van der Waals surface area contributed by atoms with E-state index in [1.54, 1.807) is 23.9 Å². The Balaban J connectivity index is 1.53. The van der Waals surface area contributed by atoms with Gasteiger partial charge in [0.15, 0.2) is 5.65 Å². The van der Waals surface area contributed by atoms with Crippen molar-refractivity contribution in [3.05, 3.63) is 54.3 Å². The average Bonchev–Trinajstić information content (AvgIpc) is 3.20. The van der Waals surface area contributed by atoms with E-state index in [0.29, 0.717) is 40.6 Å². The van der Waals surface area contributed by atoms with Crippen LogP contribution in [-0.2, 0) is 4.74 Å². The fourth-order valence-corrected chi connectivity index (χ4v) is 4.01. The van der Waals surface area contributed by atoms with Crippen LogP contribution in [0.2, 0.25) is 0 Å². The maximum Gasteiger partial charge on any atom is 0.225 e. The Hall–Kier alpha value is -3.76. The van der Waals surface area contributed by atoms with Crippen molar-refractivity contribution < 1.29 is 13.9 Å². The number of nitrogen functional groups attached to an aromatic ring is 1. The van der Waals surface area contributed by atoms with Crippen molar-refractivity contribution >= 4 is 22.8 Å². The number of halogens is 1. The largest absolute Gasteiger partial charge is 0.497 e. The summed E-state index contributed by atoms with van der Waals surface area (Å²) in [5, 5.41) is 8.50. The molecular formula is C24H26FN7O2. The number of aromatic nitrogens is 4. The van der Waals surface area contributed by atoms with Gasteiger partial charge in [0.05, 0.1) is 37.1 Å². The lowest BCUT2D eigenvalue weighted by atomic mass is 10.1. The first-order valence-electron chi connectivity index (χ1n) is 11.1. The third kappa shape index (κ3) is 4.50. The van der Waals surface area contributed by atoms with Crippen molar-refractivity contribution in [1.82, 2.24) is 24.6 Å². The van der Waals surface area contributed by atoms with Gasteiger partial charge in [-0.25, -0.2) is 14.1 Å². The van der Waals surface area contributed by atoms with E-state index in [1.165, 1.54) is 12.1 Å². The van der Waals surface area contributed by atoms with Gasteiger partial charge in [0.2, 0.25) is 5.95 Å². The molecule has 0 bridgehead atoms. The maximum absolute atomic E-state index is 14.1. The van der Waals surface area contributed by atoms with Crippen LogP contribution in [0.4, 0.5) is 16.2 Å². The van der Waals surface area contributed by atoms with E-state index >= 15 is 0 Å². The molecule has 10 heteroatoms. The van der Waals surface area contributed by atoms with Crippen LogP contribution >= 0.6 is 0 Å². The summed E-state index contributed by atoms with van der Waals surface area (Å²) in [6, 6.07) is 13.7. The maximum atomic E-state index is 14.1. The number of rotatable bonds is 7. The van der Waals surface area contributed by atoms with Crippen LogP contribution in [0.1, 0.15) is 0 Å². The van der Waals surface area contributed by atoms with Gasteiger partial charge in [-0.15, -0.1) is 5.10 Å². The Bertz CT molecular complexity index is 1290. The van der Waals surface area contributed by atoms with Crippen LogP contribution < -0.4 is 15.8 Å². The summed E-state index contributed by atoms with van der Waals surface area (Å²) in [6.07, 6.45) is 0. The lowest BCUT2D eigenvalue weighted by molar-refractivity contribution is 0.0398. The molecule has 2 aromatic heterocycles. The van der Waals surface area contributed by atoms with Crippen molar-refractivity contribution in [2.75, 3.05) is 57.6 Å². The number of benzene rings is 2. The molecule has 0 amide bonds. The van der Waals surface area contributed by atoms with E-state index in [0.717, 1.165) is 44.3 Å². The molecule has 5 rings (SSSR count). The molecule has 3 heterocycles. The van der Waals surface area contributed by atoms with E-state index in [2.05, 4.69) is 20.3 Å². The number of nitrogens with one attached hydrogen (secondary N) is 1. The van der Waals surface area contributed by atoms with Gasteiger partial charge in [-0.2, -0.15) is 4.98 Å². The van der Waals surface area contributed by atoms with E-state index < -0.39 is 0 Å². The van der Waals surface area contributed by atoms with Gasteiger partial charge in [0.1, 0.15) is 17.4 Å². The minimum absolute atomic E-state index is 0.354. The standard InChI is InChI=1S/C24H26FN7O2/c1-33-19-7-5-18(6-8-19)32-22(26)20-21(16-3-2-4-17(25)15-16)28-24(29-23(20)30-32)27-9-10-31-11-13-34-14-12-31/h2-8,15H,9-14,26H2,1H3,(H,27,29,30). The lowest BCUT2D eigenvalue weighted by Gasteiger charge is -2.26. The first kappa shape index (κ1) is 22.1. The number of ether oxygens (including phenoxy) is 2. The number of nitrogens with two attached hydrogens (primary N) is 1. The fraction of sp³-hybridized carbons (Fsp3) is 0.292. The number of hydrogen-bond donors (Lipinski definition) is 2. The molecule has 1 aliphatic rings. The van der Waals surface area contributed by atoms with Crippen molar-refractivity contribution in [3.8, 4) is 22.7 Å². The minimum Gasteiger partial charge on any atom is -0.497 e. The quantitative estimate of drug-likeness (QED) is 0.431. The Kier molecular flexibility index (Phi) is 6.24. The number of morpholine rings is 1. The highest BCUT2D eigenvalue weighted by atomic mass is 19.1. The molecule has 34 heavy (non-hydrogen) atoms. The van der Waals surface area contributed by atoms with E-state index in [9.17, 15) is 4.39 Å². The molecule has 4 aromatic rings. The number of fused-ring (bicyclic) bond motifs is 1. The third-order valence-electron chi connectivity index (χ3n) is 5.80. The first-order chi connectivity index (χ1) is 16.6. The van der Waals surface area contributed by atoms with Gasteiger partial charge in [-0.3, -0.25) is 4.90 Å². The second kappa shape index (κ2) is 9.62. The molecule has 0 saturated carbocycles. The summed E-state index contributed by atoms with van der Waals surface area (Å²) in [6.45, 7) is 4.78. The van der Waals surface area contributed by atoms with Crippen molar-refractivity contribution in [2.24, 2.45) is 0 Å². The smallest absolute Gasteiger partial charge is 0.225 e. The molecule has 1 saturated heterocycles. The number of anilines is 2. The molecule has 3 N–H and O–H groups in total. The average molecular weight is 464 g/mol. The molecule has 9 nitrogen and oxygen atoms in total. The lowest BCUT2D eigenvalue weighted by Crippen LogP contribution is -2.39. The SMILES string of the molecule is COc1ccc(-n2nc3nc(NCCN4CCOCC4)nc(-c4cccc(F)c4)c3c2N)cc1. The zero-order valence-electron chi connectivity index (χ0n) is 18.9. The molecule has 0 aliphatic carbocycles. The molecular weight excluding hydrogens is 437 g/mol. The zero-order chi connectivity index (χ0) is 23.5. The Morgan fingerprint density at radius 2 is 1.91 bits per heavy atom. The second-order valence-electron chi connectivity index (χ2n) is 7.98. The van der Waals surface area contributed by atoms with Crippen molar-refractivity contribution in [3.63, 3.8) is 0 Å². The van der Waals surface area contributed by atoms with Gasteiger partial charge in [-0.05, 0) is 36.4 Å². The normalized spacial score (nSPS) is 14.4. The Morgan fingerprint density at radius 3 is 2.65 bits per heavy atom. The summed E-state index contributed by atoms with van der Waals surface area (Å²) < 4.78 is 26.3. The Morgan fingerprint density at radius 1 is 1.12 bits per heavy atom. The molecule has 0 spiro atoms. The minimum atomic E-state index is -0.354. The molecule has 1 fully saturated rings. The summed E-state index contributed by atoms with van der Waals surface area (Å²) >= 11 is 0. The van der Waals surface area contributed by atoms with Gasteiger partial charge in [0, 0.05) is 31.7 Å². The van der Waals surface area contributed by atoms with Gasteiger partial charge in [0.25, 0.3) is 0 Å². The monoisotopic (exact) mass is 463 g/mol. The molecule has 0 atom stereocenters. The molecule has 0 unspecified atom stereocenters. The second-order valence-corrected chi connectivity index (χ2v) is 7.98. The predicted molar refractivity (Wildman–Crippen MR) is 129 cm³/mol. The zero-order valence-corrected chi connectivity index (χ0v) is 18.9. The first-order valence-corrected chi connectivity index (χ1v) is 11.1. The highest BCUT2D eigenvalue weighted by molar-refractivity contribution is 5.99. The van der Waals surface area contributed by atoms with Crippen LogP contribution in [0.15, 0.2) is 48.5 Å². The van der Waals surface area contributed by atoms with Gasteiger partial charge < -0.3 is 20.5 Å². The van der Waals surface area contributed by atoms with Crippen molar-refractivity contribution in [2.45, 2.75) is 0 Å². The number of hydrogen-bond acceptors (Lipinski definition) is 8. The summed E-state index contributed by atoms with van der Waals surface area (Å²) in [5.74, 6) is 1.16. The number of nitrogens with zero attached hydrogens (tertiary/aromatic N) is 5. The topological polar surface area (TPSA) is 103 Å². The molecule has 0 radical (unpaired) electrons. The fourth-order valence-electron chi connectivity index (χ4n) is 4.01. The third-order valence-corrected chi connectivity index (χ3v) is 5.80. The van der Waals surface area contributed by atoms with Crippen LogP contribution in [-0.4, -0.2) is 71.2 Å². The van der Waals surface area contributed by atoms with E-state index in [4.69, 9.17) is 20.2 Å². The van der Waals surface area contributed by atoms with Crippen LogP contribution in [0.25, 0.3) is 28.0 Å². The van der Waals surface area contributed by atoms with Gasteiger partial charge >= 0.3 is 0 Å². The van der Waals surface area contributed by atoms with Crippen molar-refractivity contribution in [1.29, 1.82) is 0 Å². The predicted octanol–water partition coefficient (Wildman–Crippen LogP) is 2.96. The summed E-state index contributed by atoms with van der Waals surface area (Å²) in [4.78, 5) is 11.6. The van der Waals surface area contributed by atoms with Crippen LogP contribution in [0.5, 0.6) is 5.75 Å². The summed E-state index contributed by atoms with van der Waals surface area (Å²) in [5.41, 5.74) is 8.83. The highest BCUT2D eigenvalue weighted by Crippen LogP contribution is 2.33. The van der Waals surface area contributed by atoms with Crippen LogP contribution in [0.3, 0.4) is 0 Å². The van der Waals surface area contributed by atoms with Gasteiger partial charge in [-0.1, -0.05) is 12.1 Å². The Labute approximate surface area is 196 Å². The highest BCUT2D eigenvalue weighted by Gasteiger charge is 2.20.